The molecule has 0 aromatic rings. The molecular weight excluding hydrogens is 428 g/mol. The maximum Gasteiger partial charge on any atom is 0.280 e. The van der Waals surface area contributed by atoms with Crippen molar-refractivity contribution in [2.24, 2.45) is 5.92 Å². The zero-order valence-corrected chi connectivity index (χ0v) is 19.2. The number of morpholine rings is 1. The molecular formula is C19H36N4O7S. The van der Waals surface area contributed by atoms with Gasteiger partial charge in [-0.2, -0.15) is 17.4 Å². The number of rotatable bonds is 13. The van der Waals surface area contributed by atoms with Crippen molar-refractivity contribution in [2.45, 2.75) is 57.9 Å². The Kier molecular flexibility index (Phi) is 11.6. The van der Waals surface area contributed by atoms with Crippen LogP contribution in [0.4, 0.5) is 0 Å². The number of carbonyl (C=O) groups is 2. The standard InChI is InChI=1S/C19H36N4O7S/c1-5-6-15(19(27)21-14(4)18(26)16(24)11-13(2)3)22-17(25)12-20-31(28,29)23-7-9-30-10-8-23/h5,13-16,18,20,24,26H,1,6-12H2,2-4H3,(H,21,27)(H,22,25)/t14-,15?,16-,18+/m0/s1. The number of nitrogens with zero attached hydrogens (tertiary/aromatic N) is 1. The summed E-state index contributed by atoms with van der Waals surface area (Å²) < 4.78 is 33.0. The van der Waals surface area contributed by atoms with Gasteiger partial charge in [0.15, 0.2) is 0 Å². The molecule has 1 unspecified atom stereocenters. The van der Waals surface area contributed by atoms with Crippen LogP contribution in [0, 0.1) is 5.92 Å². The van der Waals surface area contributed by atoms with Crippen LogP contribution in [0.5, 0.6) is 0 Å². The van der Waals surface area contributed by atoms with Crippen LogP contribution in [0.3, 0.4) is 0 Å². The molecule has 5 N–H and O–H groups in total. The first kappa shape index (κ1) is 27.5. The van der Waals surface area contributed by atoms with Gasteiger partial charge in [0.2, 0.25) is 11.8 Å². The van der Waals surface area contributed by atoms with Crippen molar-refractivity contribution in [1.29, 1.82) is 0 Å². The number of amides is 2. The van der Waals surface area contributed by atoms with Crippen molar-refractivity contribution in [2.75, 3.05) is 32.8 Å². The van der Waals surface area contributed by atoms with Crippen LogP contribution in [0.25, 0.3) is 0 Å². The normalized spacial score (nSPS) is 19.3. The maximum atomic E-state index is 12.5. The fourth-order valence-corrected chi connectivity index (χ4v) is 4.17. The summed E-state index contributed by atoms with van der Waals surface area (Å²) in [4.78, 5) is 24.8. The lowest BCUT2D eigenvalue weighted by molar-refractivity contribution is -0.129. The molecule has 180 valence electrons. The van der Waals surface area contributed by atoms with E-state index in [4.69, 9.17) is 4.74 Å². The van der Waals surface area contributed by atoms with Gasteiger partial charge in [-0.25, -0.2) is 0 Å². The molecule has 1 fully saturated rings. The van der Waals surface area contributed by atoms with Gasteiger partial charge in [0.05, 0.1) is 38.0 Å². The highest BCUT2D eigenvalue weighted by Crippen LogP contribution is 2.11. The highest BCUT2D eigenvalue weighted by atomic mass is 32.2. The second kappa shape index (κ2) is 13.1. The van der Waals surface area contributed by atoms with Gasteiger partial charge in [-0.3, -0.25) is 9.59 Å². The van der Waals surface area contributed by atoms with Gasteiger partial charge in [0.1, 0.15) is 6.04 Å². The molecule has 1 aliphatic heterocycles. The first-order valence-corrected chi connectivity index (χ1v) is 11.8. The van der Waals surface area contributed by atoms with Crippen LogP contribution in [-0.2, 0) is 24.5 Å². The molecule has 11 nitrogen and oxygen atoms in total. The number of aliphatic hydroxyl groups is 2. The van der Waals surface area contributed by atoms with Crippen LogP contribution in [0.2, 0.25) is 0 Å². The van der Waals surface area contributed by atoms with E-state index in [0.29, 0.717) is 6.42 Å². The average molecular weight is 465 g/mol. The molecule has 1 heterocycles. The second-order valence-electron chi connectivity index (χ2n) is 7.97. The average Bonchev–Trinajstić information content (AvgIpc) is 2.71. The van der Waals surface area contributed by atoms with E-state index in [-0.39, 0.29) is 38.6 Å². The largest absolute Gasteiger partial charge is 0.390 e. The van der Waals surface area contributed by atoms with E-state index in [1.807, 2.05) is 13.8 Å². The quantitative estimate of drug-likeness (QED) is 0.207. The number of hydrogen-bond acceptors (Lipinski definition) is 7. The Bertz CT molecular complexity index is 695. The summed E-state index contributed by atoms with van der Waals surface area (Å²) in [6.45, 7) is 9.34. The summed E-state index contributed by atoms with van der Waals surface area (Å²) >= 11 is 0. The summed E-state index contributed by atoms with van der Waals surface area (Å²) in [5, 5.41) is 25.3. The minimum Gasteiger partial charge on any atom is -0.390 e. The molecule has 0 bridgehead atoms. The molecule has 1 saturated heterocycles. The first-order chi connectivity index (χ1) is 14.5. The molecule has 0 aromatic carbocycles. The van der Waals surface area contributed by atoms with Gasteiger partial charge in [-0.1, -0.05) is 19.9 Å². The maximum absolute atomic E-state index is 12.5. The van der Waals surface area contributed by atoms with E-state index in [0.717, 1.165) is 0 Å². The van der Waals surface area contributed by atoms with Crippen LogP contribution in [0.1, 0.15) is 33.6 Å². The fourth-order valence-electron chi connectivity index (χ4n) is 3.04. The third-order valence-electron chi connectivity index (χ3n) is 4.77. The van der Waals surface area contributed by atoms with Crippen molar-refractivity contribution in [3.8, 4) is 0 Å². The Morgan fingerprint density at radius 3 is 2.32 bits per heavy atom. The number of aliphatic hydroxyl groups excluding tert-OH is 2. The van der Waals surface area contributed by atoms with Crippen molar-refractivity contribution in [3.63, 3.8) is 0 Å². The molecule has 0 saturated carbocycles. The van der Waals surface area contributed by atoms with E-state index in [2.05, 4.69) is 21.9 Å². The minimum atomic E-state index is -3.84. The number of ether oxygens (including phenoxy) is 1. The number of hydrogen-bond donors (Lipinski definition) is 5. The van der Waals surface area contributed by atoms with Crippen molar-refractivity contribution in [1.82, 2.24) is 19.7 Å². The molecule has 0 aliphatic carbocycles. The van der Waals surface area contributed by atoms with E-state index < -0.39 is 52.9 Å². The Balaban J connectivity index is 2.60. The van der Waals surface area contributed by atoms with E-state index in [1.54, 1.807) is 6.92 Å². The molecule has 1 aliphatic rings. The van der Waals surface area contributed by atoms with E-state index in [9.17, 15) is 28.2 Å². The van der Waals surface area contributed by atoms with Gasteiger partial charge in [-0.15, -0.1) is 6.58 Å². The van der Waals surface area contributed by atoms with Gasteiger partial charge < -0.3 is 25.6 Å². The van der Waals surface area contributed by atoms with Crippen LogP contribution in [0.15, 0.2) is 12.7 Å². The summed E-state index contributed by atoms with van der Waals surface area (Å²) in [5.41, 5.74) is 0. The zero-order chi connectivity index (χ0) is 23.6. The van der Waals surface area contributed by atoms with Crippen molar-refractivity contribution >= 4 is 22.0 Å². The molecule has 0 radical (unpaired) electrons. The Morgan fingerprint density at radius 2 is 1.77 bits per heavy atom. The van der Waals surface area contributed by atoms with Crippen molar-refractivity contribution in [3.05, 3.63) is 12.7 Å². The number of carbonyl (C=O) groups excluding carboxylic acids is 2. The predicted octanol–water partition coefficient (Wildman–Crippen LogP) is -1.51. The molecule has 0 aromatic heterocycles. The van der Waals surface area contributed by atoms with Gasteiger partial charge in [0.25, 0.3) is 10.2 Å². The van der Waals surface area contributed by atoms with Gasteiger partial charge in [-0.05, 0) is 25.7 Å². The Labute approximate surface area is 184 Å². The zero-order valence-electron chi connectivity index (χ0n) is 18.4. The molecule has 2 amide bonds. The lowest BCUT2D eigenvalue weighted by Gasteiger charge is -2.28. The van der Waals surface area contributed by atoms with Crippen LogP contribution in [-0.4, -0.2) is 91.9 Å². The first-order valence-electron chi connectivity index (χ1n) is 10.4. The Morgan fingerprint density at radius 1 is 1.16 bits per heavy atom. The fraction of sp³-hybridized carbons (Fsp3) is 0.789. The second-order valence-corrected chi connectivity index (χ2v) is 9.72. The lowest BCUT2D eigenvalue weighted by Crippen LogP contribution is -2.55. The van der Waals surface area contributed by atoms with Crippen LogP contribution >= 0.6 is 0 Å². The smallest absolute Gasteiger partial charge is 0.280 e. The van der Waals surface area contributed by atoms with Crippen LogP contribution < -0.4 is 15.4 Å². The van der Waals surface area contributed by atoms with Gasteiger partial charge in [0, 0.05) is 13.1 Å². The highest BCUT2D eigenvalue weighted by molar-refractivity contribution is 7.87. The topological polar surface area (TPSA) is 157 Å². The minimum absolute atomic E-state index is 0.102. The molecule has 31 heavy (non-hydrogen) atoms. The summed E-state index contributed by atoms with van der Waals surface area (Å²) in [6, 6.07) is -1.76. The third kappa shape index (κ3) is 9.62. The monoisotopic (exact) mass is 464 g/mol. The summed E-state index contributed by atoms with van der Waals surface area (Å²) in [6.07, 6.45) is -0.260. The summed E-state index contributed by atoms with van der Waals surface area (Å²) in [7, 11) is -3.84. The lowest BCUT2D eigenvalue weighted by atomic mass is 9.98. The number of nitrogens with one attached hydrogen (secondary N) is 3. The third-order valence-corrected chi connectivity index (χ3v) is 6.32. The summed E-state index contributed by atoms with van der Waals surface area (Å²) in [5.74, 6) is -1.10. The SMILES string of the molecule is C=CCC(NC(=O)CNS(=O)(=O)N1CCOCC1)C(=O)N[C@@H](C)[C@@H](O)[C@@H](O)CC(C)C. The Hall–Kier alpha value is -1.57. The predicted molar refractivity (Wildman–Crippen MR) is 115 cm³/mol. The van der Waals surface area contributed by atoms with E-state index >= 15 is 0 Å². The van der Waals surface area contributed by atoms with Crippen molar-refractivity contribution < 1.29 is 33.0 Å². The molecule has 12 heteroatoms. The van der Waals surface area contributed by atoms with Gasteiger partial charge >= 0.3 is 0 Å². The highest BCUT2D eigenvalue weighted by Gasteiger charge is 2.29. The molecule has 4 atom stereocenters. The molecule has 0 spiro atoms. The van der Waals surface area contributed by atoms with E-state index in [1.165, 1.54) is 10.4 Å². The molecule has 1 rings (SSSR count).